The molecular formula is C11H15FO. The van der Waals surface area contributed by atoms with Crippen LogP contribution in [0.2, 0.25) is 0 Å². The van der Waals surface area contributed by atoms with Crippen molar-refractivity contribution in [3.05, 3.63) is 29.6 Å². The third-order valence-corrected chi connectivity index (χ3v) is 1.99. The van der Waals surface area contributed by atoms with Crippen LogP contribution in [0.4, 0.5) is 4.39 Å². The lowest BCUT2D eigenvalue weighted by Crippen LogP contribution is -2.13. The summed E-state index contributed by atoms with van der Waals surface area (Å²) in [5.74, 6) is 0.0601. The first-order valence-electron chi connectivity index (χ1n) is 4.30. The monoisotopic (exact) mass is 182 g/mol. The lowest BCUT2D eigenvalue weighted by Gasteiger charge is -2.20. The molecule has 0 aliphatic heterocycles. The van der Waals surface area contributed by atoms with E-state index in [2.05, 4.69) is 0 Å². The minimum Gasteiger partial charge on any atom is -0.494 e. The Bertz CT molecular complexity index is 299. The Hall–Kier alpha value is -1.05. The first-order chi connectivity index (χ1) is 5.96. The molecule has 0 spiro atoms. The summed E-state index contributed by atoms with van der Waals surface area (Å²) in [4.78, 5) is 0. The number of benzene rings is 1. The van der Waals surface area contributed by atoms with Crippen molar-refractivity contribution in [1.29, 1.82) is 0 Å². The van der Waals surface area contributed by atoms with Gasteiger partial charge in [0.05, 0.1) is 7.11 Å². The fraction of sp³-hybridized carbons (Fsp3) is 0.455. The van der Waals surface area contributed by atoms with Crippen molar-refractivity contribution in [3.8, 4) is 5.75 Å². The highest BCUT2D eigenvalue weighted by Gasteiger charge is 2.20. The molecule has 0 heterocycles. The number of hydrogen-bond donors (Lipinski definition) is 0. The molecule has 2 heteroatoms. The summed E-state index contributed by atoms with van der Waals surface area (Å²) in [7, 11) is 1.48. The first-order valence-corrected chi connectivity index (χ1v) is 4.30. The quantitative estimate of drug-likeness (QED) is 0.648. The molecule has 1 aromatic rings. The molecule has 0 radical (unpaired) electrons. The van der Waals surface area contributed by atoms with Gasteiger partial charge < -0.3 is 4.74 Å². The Kier molecular flexibility index (Phi) is 2.60. The second-order valence-electron chi connectivity index (χ2n) is 4.07. The van der Waals surface area contributed by atoms with Crippen LogP contribution in [0.3, 0.4) is 0 Å². The van der Waals surface area contributed by atoms with Gasteiger partial charge in [0.2, 0.25) is 0 Å². The SMILES string of the molecule is COc1cccc(C(C)(C)C)c1F. The lowest BCUT2D eigenvalue weighted by molar-refractivity contribution is 0.378. The van der Waals surface area contributed by atoms with Gasteiger partial charge in [0.15, 0.2) is 11.6 Å². The molecule has 0 bridgehead atoms. The topological polar surface area (TPSA) is 9.23 Å². The maximum atomic E-state index is 13.6. The maximum absolute atomic E-state index is 13.6. The fourth-order valence-electron chi connectivity index (χ4n) is 1.25. The third kappa shape index (κ3) is 2.00. The van der Waals surface area contributed by atoms with E-state index in [-0.39, 0.29) is 11.2 Å². The Morgan fingerprint density at radius 1 is 1.23 bits per heavy atom. The summed E-state index contributed by atoms with van der Waals surface area (Å²) >= 11 is 0. The lowest BCUT2D eigenvalue weighted by atomic mass is 9.86. The standard InChI is InChI=1S/C11H15FO/c1-11(2,3)8-6-5-7-9(13-4)10(8)12/h5-7H,1-4H3. The van der Waals surface area contributed by atoms with Gasteiger partial charge in [-0.1, -0.05) is 32.9 Å². The second kappa shape index (κ2) is 3.36. The van der Waals surface area contributed by atoms with Crippen LogP contribution < -0.4 is 4.74 Å². The molecule has 1 nitrogen and oxygen atoms in total. The van der Waals surface area contributed by atoms with Crippen LogP contribution in [0.5, 0.6) is 5.75 Å². The van der Waals surface area contributed by atoms with Crippen LogP contribution in [0.15, 0.2) is 18.2 Å². The van der Waals surface area contributed by atoms with Crippen LogP contribution in [0.1, 0.15) is 26.3 Å². The molecular weight excluding hydrogens is 167 g/mol. The largest absolute Gasteiger partial charge is 0.494 e. The van der Waals surface area contributed by atoms with Gasteiger partial charge in [0.1, 0.15) is 0 Å². The van der Waals surface area contributed by atoms with Crippen molar-refractivity contribution in [2.45, 2.75) is 26.2 Å². The molecule has 72 valence electrons. The fourth-order valence-corrected chi connectivity index (χ4v) is 1.25. The van der Waals surface area contributed by atoms with Crippen LogP contribution in [0, 0.1) is 5.82 Å². The molecule has 13 heavy (non-hydrogen) atoms. The van der Waals surface area contributed by atoms with Crippen molar-refractivity contribution in [2.24, 2.45) is 0 Å². The molecule has 0 fully saturated rings. The molecule has 0 saturated heterocycles. The van der Waals surface area contributed by atoms with E-state index in [1.165, 1.54) is 7.11 Å². The van der Waals surface area contributed by atoms with E-state index >= 15 is 0 Å². The zero-order chi connectivity index (χ0) is 10.1. The Balaban J connectivity index is 3.24. The van der Waals surface area contributed by atoms with Crippen molar-refractivity contribution >= 4 is 0 Å². The van der Waals surface area contributed by atoms with E-state index < -0.39 is 0 Å². The second-order valence-corrected chi connectivity index (χ2v) is 4.07. The van der Waals surface area contributed by atoms with Crippen molar-refractivity contribution in [1.82, 2.24) is 0 Å². The zero-order valence-corrected chi connectivity index (χ0v) is 8.52. The summed E-state index contributed by atoms with van der Waals surface area (Å²) in [5.41, 5.74) is 0.505. The minimum atomic E-state index is -0.252. The van der Waals surface area contributed by atoms with E-state index in [0.29, 0.717) is 11.3 Å². The van der Waals surface area contributed by atoms with Gasteiger partial charge in [-0.3, -0.25) is 0 Å². The van der Waals surface area contributed by atoms with E-state index in [1.54, 1.807) is 12.1 Å². The van der Waals surface area contributed by atoms with Gasteiger partial charge in [0, 0.05) is 0 Å². The maximum Gasteiger partial charge on any atom is 0.168 e. The predicted molar refractivity (Wildman–Crippen MR) is 51.7 cm³/mol. The number of methoxy groups -OCH3 is 1. The van der Waals surface area contributed by atoms with Crippen LogP contribution in [-0.4, -0.2) is 7.11 Å². The molecule has 0 aliphatic carbocycles. The van der Waals surface area contributed by atoms with Crippen LogP contribution in [0.25, 0.3) is 0 Å². The van der Waals surface area contributed by atoms with Gasteiger partial charge in [-0.05, 0) is 17.0 Å². The average Bonchev–Trinajstić information content (AvgIpc) is 2.02. The van der Waals surface area contributed by atoms with Crippen molar-refractivity contribution in [2.75, 3.05) is 7.11 Å². The summed E-state index contributed by atoms with van der Waals surface area (Å²) in [6.07, 6.45) is 0. The van der Waals surface area contributed by atoms with Gasteiger partial charge in [-0.25, -0.2) is 4.39 Å². The van der Waals surface area contributed by atoms with Gasteiger partial charge >= 0.3 is 0 Å². The Morgan fingerprint density at radius 2 is 1.85 bits per heavy atom. The summed E-state index contributed by atoms with van der Waals surface area (Å²) in [6.45, 7) is 5.93. The zero-order valence-electron chi connectivity index (χ0n) is 8.52. The molecule has 0 aliphatic rings. The highest BCUT2D eigenvalue weighted by molar-refractivity contribution is 5.34. The molecule has 1 rings (SSSR count). The predicted octanol–water partition coefficient (Wildman–Crippen LogP) is 3.13. The smallest absolute Gasteiger partial charge is 0.168 e. The van der Waals surface area contributed by atoms with E-state index in [4.69, 9.17) is 4.74 Å². The summed E-state index contributed by atoms with van der Waals surface area (Å²) < 4.78 is 18.5. The molecule has 0 atom stereocenters. The highest BCUT2D eigenvalue weighted by atomic mass is 19.1. The molecule has 0 saturated carbocycles. The van der Waals surface area contributed by atoms with E-state index in [1.807, 2.05) is 26.8 Å². The van der Waals surface area contributed by atoms with Gasteiger partial charge in [-0.2, -0.15) is 0 Å². The highest BCUT2D eigenvalue weighted by Crippen LogP contribution is 2.29. The third-order valence-electron chi connectivity index (χ3n) is 1.99. The normalized spacial score (nSPS) is 11.5. The molecule has 0 N–H and O–H groups in total. The average molecular weight is 182 g/mol. The van der Waals surface area contributed by atoms with E-state index in [9.17, 15) is 4.39 Å². The van der Waals surface area contributed by atoms with Crippen molar-refractivity contribution in [3.63, 3.8) is 0 Å². The number of halogens is 1. The molecule has 0 aromatic heterocycles. The minimum absolute atomic E-state index is 0.182. The molecule has 1 aromatic carbocycles. The summed E-state index contributed by atoms with van der Waals surface area (Å²) in [6, 6.07) is 5.23. The van der Waals surface area contributed by atoms with Crippen LogP contribution in [-0.2, 0) is 5.41 Å². The van der Waals surface area contributed by atoms with Gasteiger partial charge in [-0.15, -0.1) is 0 Å². The first kappa shape index (κ1) is 10.0. The molecule has 0 amide bonds. The number of rotatable bonds is 1. The van der Waals surface area contributed by atoms with Crippen molar-refractivity contribution < 1.29 is 9.13 Å². The number of hydrogen-bond acceptors (Lipinski definition) is 1. The van der Waals surface area contributed by atoms with E-state index in [0.717, 1.165) is 0 Å². The Labute approximate surface area is 78.5 Å². The summed E-state index contributed by atoms with van der Waals surface area (Å²) in [5, 5.41) is 0. The number of ether oxygens (including phenoxy) is 1. The van der Waals surface area contributed by atoms with Crippen LogP contribution >= 0.6 is 0 Å². The Morgan fingerprint density at radius 3 is 2.31 bits per heavy atom. The van der Waals surface area contributed by atoms with Gasteiger partial charge in [0.25, 0.3) is 0 Å². The molecule has 0 unspecified atom stereocenters.